The number of hydrogen-bond donors (Lipinski definition) is 0. The zero-order valence-electron chi connectivity index (χ0n) is 5.10. The second kappa shape index (κ2) is 4.21. The number of rotatable bonds is 0. The van der Waals surface area contributed by atoms with Crippen molar-refractivity contribution in [2.24, 2.45) is 0 Å². The van der Waals surface area contributed by atoms with Crippen LogP contribution in [0, 0.1) is 3.57 Å². The first-order valence-electron chi connectivity index (χ1n) is 2.22. The Balaban J connectivity index is 0.000000640. The Hall–Kier alpha value is 0.347. The summed E-state index contributed by atoms with van der Waals surface area (Å²) in [6.45, 7) is 0. The van der Waals surface area contributed by atoms with Gasteiger partial charge < -0.3 is 5.11 Å². The molecule has 0 unspecified atom stereocenters. The molecule has 0 amide bonds. The molecule has 1 aromatic rings. The van der Waals surface area contributed by atoms with Crippen LogP contribution >= 0.6 is 22.6 Å². The Morgan fingerprint density at radius 1 is 1.22 bits per heavy atom. The standard InChI is InChI=1S/C6H5IO.Li/c7-5-3-1-2-4-6(5)8;/h1-4,8H;/q;+1/p-1. The molecule has 0 aliphatic heterocycles. The third-order valence-corrected chi connectivity index (χ3v) is 1.73. The van der Waals surface area contributed by atoms with Gasteiger partial charge in [0, 0.05) is 3.57 Å². The summed E-state index contributed by atoms with van der Waals surface area (Å²) in [6, 6.07) is 6.94. The van der Waals surface area contributed by atoms with E-state index < -0.39 is 0 Å². The molecule has 0 saturated carbocycles. The second-order valence-corrected chi connectivity index (χ2v) is 2.59. The van der Waals surface area contributed by atoms with E-state index >= 15 is 0 Å². The Morgan fingerprint density at radius 3 is 2.11 bits per heavy atom. The molecule has 1 aromatic carbocycles. The maximum Gasteiger partial charge on any atom is 1.00 e. The maximum absolute atomic E-state index is 10.6. The van der Waals surface area contributed by atoms with Gasteiger partial charge in [0.2, 0.25) is 0 Å². The van der Waals surface area contributed by atoms with Crippen molar-refractivity contribution in [3.63, 3.8) is 0 Å². The van der Waals surface area contributed by atoms with E-state index in [2.05, 4.69) is 0 Å². The molecule has 0 fully saturated rings. The maximum atomic E-state index is 10.6. The first kappa shape index (κ1) is 9.35. The number of benzene rings is 1. The minimum Gasteiger partial charge on any atom is -0.872 e. The molecule has 0 atom stereocenters. The van der Waals surface area contributed by atoms with E-state index in [0.29, 0.717) is 0 Å². The number of halogens is 1. The van der Waals surface area contributed by atoms with Crippen molar-refractivity contribution in [1.29, 1.82) is 0 Å². The van der Waals surface area contributed by atoms with E-state index in [9.17, 15) is 5.11 Å². The van der Waals surface area contributed by atoms with Crippen LogP contribution in [0.5, 0.6) is 5.75 Å². The summed E-state index contributed by atoms with van der Waals surface area (Å²) in [4.78, 5) is 0. The summed E-state index contributed by atoms with van der Waals surface area (Å²) >= 11 is 2.01. The van der Waals surface area contributed by atoms with Crippen LogP contribution in [0.25, 0.3) is 0 Å². The predicted octanol–water partition coefficient (Wildman–Crippen LogP) is -1.63. The molecule has 0 aromatic heterocycles. The minimum absolute atomic E-state index is 0. The summed E-state index contributed by atoms with van der Waals surface area (Å²) in [6.07, 6.45) is 0. The second-order valence-electron chi connectivity index (χ2n) is 1.43. The van der Waals surface area contributed by atoms with Gasteiger partial charge in [0.1, 0.15) is 0 Å². The molecule has 1 nitrogen and oxygen atoms in total. The molecular formula is C6H4ILiO. The van der Waals surface area contributed by atoms with Crippen molar-refractivity contribution in [2.75, 3.05) is 0 Å². The normalized spacial score (nSPS) is 8.11. The van der Waals surface area contributed by atoms with E-state index in [1.807, 2.05) is 28.7 Å². The van der Waals surface area contributed by atoms with Gasteiger partial charge in [-0.25, -0.2) is 0 Å². The van der Waals surface area contributed by atoms with Gasteiger partial charge in [-0.05, 0) is 28.7 Å². The first-order chi connectivity index (χ1) is 3.80. The summed E-state index contributed by atoms with van der Waals surface area (Å²) in [5.74, 6) is 0.105. The number of hydrogen-bond acceptors (Lipinski definition) is 1. The van der Waals surface area contributed by atoms with Crippen molar-refractivity contribution in [3.05, 3.63) is 27.8 Å². The van der Waals surface area contributed by atoms with Crippen LogP contribution in [0.1, 0.15) is 0 Å². The van der Waals surface area contributed by atoms with E-state index in [0.717, 1.165) is 3.57 Å². The SMILES string of the molecule is [Li+].[O-]c1ccccc1I. The smallest absolute Gasteiger partial charge is 0.872 e. The molecule has 0 bridgehead atoms. The van der Waals surface area contributed by atoms with Crippen LogP contribution in [0.4, 0.5) is 0 Å². The fourth-order valence-corrected chi connectivity index (χ4v) is 0.832. The van der Waals surface area contributed by atoms with Crippen molar-refractivity contribution in [3.8, 4) is 5.75 Å². The molecule has 0 spiro atoms. The average Bonchev–Trinajstić information content (AvgIpc) is 1.77. The summed E-state index contributed by atoms with van der Waals surface area (Å²) in [7, 11) is 0. The van der Waals surface area contributed by atoms with Crippen molar-refractivity contribution in [2.45, 2.75) is 0 Å². The summed E-state index contributed by atoms with van der Waals surface area (Å²) in [5.41, 5.74) is 0. The molecule has 1 rings (SSSR count). The van der Waals surface area contributed by atoms with Crippen molar-refractivity contribution >= 4 is 22.6 Å². The van der Waals surface area contributed by atoms with Crippen LogP contribution < -0.4 is 24.0 Å². The minimum atomic E-state index is 0. The molecule has 9 heavy (non-hydrogen) atoms. The van der Waals surface area contributed by atoms with Crippen molar-refractivity contribution < 1.29 is 24.0 Å². The Morgan fingerprint density at radius 2 is 1.78 bits per heavy atom. The Labute approximate surface area is 79.8 Å². The molecule has 0 heterocycles. The fourth-order valence-electron chi connectivity index (χ4n) is 0.445. The van der Waals surface area contributed by atoms with Gasteiger partial charge >= 0.3 is 18.9 Å². The monoisotopic (exact) mass is 226 g/mol. The van der Waals surface area contributed by atoms with Crippen LogP contribution in [0.15, 0.2) is 24.3 Å². The zero-order chi connectivity index (χ0) is 5.98. The molecule has 0 saturated heterocycles. The van der Waals surface area contributed by atoms with E-state index in [4.69, 9.17) is 0 Å². The largest absolute Gasteiger partial charge is 1.00 e. The quantitative estimate of drug-likeness (QED) is 0.384. The van der Waals surface area contributed by atoms with Gasteiger partial charge in [-0.2, -0.15) is 0 Å². The van der Waals surface area contributed by atoms with E-state index in [1.165, 1.54) is 0 Å². The average molecular weight is 226 g/mol. The summed E-state index contributed by atoms with van der Waals surface area (Å²) < 4.78 is 0.783. The Bertz CT molecular complexity index is 169. The molecule has 42 valence electrons. The van der Waals surface area contributed by atoms with Gasteiger partial charge in [-0.1, -0.05) is 23.9 Å². The Kier molecular flexibility index (Phi) is 4.37. The molecule has 3 heteroatoms. The van der Waals surface area contributed by atoms with Gasteiger partial charge in [0.15, 0.2) is 0 Å². The van der Waals surface area contributed by atoms with E-state index in [-0.39, 0.29) is 24.6 Å². The van der Waals surface area contributed by atoms with Crippen LogP contribution in [-0.4, -0.2) is 0 Å². The molecule has 0 radical (unpaired) electrons. The van der Waals surface area contributed by atoms with Gasteiger partial charge in [0.05, 0.1) is 0 Å². The van der Waals surface area contributed by atoms with Gasteiger partial charge in [-0.3, -0.25) is 0 Å². The third-order valence-electron chi connectivity index (χ3n) is 0.837. The topological polar surface area (TPSA) is 23.1 Å². The van der Waals surface area contributed by atoms with E-state index in [1.54, 1.807) is 18.2 Å². The summed E-state index contributed by atoms with van der Waals surface area (Å²) in [5, 5.41) is 10.6. The number of para-hydroxylation sites is 1. The van der Waals surface area contributed by atoms with Crippen LogP contribution in [0.2, 0.25) is 0 Å². The van der Waals surface area contributed by atoms with Gasteiger partial charge in [-0.15, -0.1) is 0 Å². The van der Waals surface area contributed by atoms with Gasteiger partial charge in [0.25, 0.3) is 0 Å². The zero-order valence-corrected chi connectivity index (χ0v) is 7.25. The molecule has 0 aliphatic rings. The van der Waals surface area contributed by atoms with Crippen LogP contribution in [0.3, 0.4) is 0 Å². The predicted molar refractivity (Wildman–Crippen MR) is 38.6 cm³/mol. The third kappa shape index (κ3) is 2.61. The molecule has 0 N–H and O–H groups in total. The van der Waals surface area contributed by atoms with Crippen LogP contribution in [-0.2, 0) is 0 Å². The molecular weight excluding hydrogens is 222 g/mol. The fraction of sp³-hybridized carbons (Fsp3) is 0. The molecule has 0 aliphatic carbocycles. The first-order valence-corrected chi connectivity index (χ1v) is 3.30. The van der Waals surface area contributed by atoms with Crippen molar-refractivity contribution in [1.82, 2.24) is 0 Å².